The Hall–Kier alpha value is -2.91. The highest BCUT2D eigenvalue weighted by Crippen LogP contribution is 2.65. The van der Waals surface area contributed by atoms with E-state index in [1.807, 2.05) is 0 Å². The normalized spacial score (nSPS) is 26.3. The van der Waals surface area contributed by atoms with Crippen molar-refractivity contribution in [2.75, 3.05) is 6.54 Å². The fraction of sp³-hybridized carbons (Fsp3) is 0.741. The number of nitrogens with zero attached hydrogens (tertiary/aromatic N) is 1. The number of Topliss-reactive ketones (excluding diaryl/α,β-unsaturated/α-hetero) is 1. The molecule has 3 fully saturated rings. The second-order valence-electron chi connectivity index (χ2n) is 12.2. The molecule has 4 amide bonds. The molecule has 5 atom stereocenters. The molecule has 10 nitrogen and oxygen atoms in total. The molecule has 3 aliphatic rings. The summed E-state index contributed by atoms with van der Waals surface area (Å²) in [6.45, 7) is 13.3. The van der Waals surface area contributed by atoms with Crippen LogP contribution >= 0.6 is 0 Å². The van der Waals surface area contributed by atoms with Gasteiger partial charge in [-0.05, 0) is 63.2 Å². The van der Waals surface area contributed by atoms with E-state index in [0.29, 0.717) is 6.54 Å². The van der Waals surface area contributed by atoms with Crippen LogP contribution in [0.25, 0.3) is 0 Å². The molecule has 0 aromatic rings. The largest absolute Gasteiger partial charge is 0.444 e. The molecule has 37 heavy (non-hydrogen) atoms. The molecule has 0 bridgehead atoms. The Morgan fingerprint density at radius 2 is 1.73 bits per heavy atom. The minimum atomic E-state index is -1.14. The van der Waals surface area contributed by atoms with Crippen molar-refractivity contribution in [2.24, 2.45) is 28.9 Å². The van der Waals surface area contributed by atoms with Gasteiger partial charge in [0, 0.05) is 6.54 Å². The number of hydrogen-bond donors (Lipinski definition) is 3. The van der Waals surface area contributed by atoms with Crippen LogP contribution in [0.15, 0.2) is 12.7 Å². The van der Waals surface area contributed by atoms with Gasteiger partial charge in [0.15, 0.2) is 0 Å². The number of primary amides is 1. The maximum absolute atomic E-state index is 14.0. The molecule has 2 saturated carbocycles. The van der Waals surface area contributed by atoms with Gasteiger partial charge in [0.05, 0.1) is 0 Å². The van der Waals surface area contributed by atoms with Crippen LogP contribution in [0, 0.1) is 23.2 Å². The molecule has 206 valence electrons. The summed E-state index contributed by atoms with van der Waals surface area (Å²) in [7, 11) is 0. The molecular weight excluding hydrogens is 476 g/mol. The summed E-state index contributed by atoms with van der Waals surface area (Å²) in [5.41, 5.74) is 4.30. The van der Waals surface area contributed by atoms with Crippen molar-refractivity contribution in [3.63, 3.8) is 0 Å². The molecule has 0 aromatic heterocycles. The number of alkyl carbamates (subject to hydrolysis) is 1. The van der Waals surface area contributed by atoms with Gasteiger partial charge in [0.2, 0.25) is 17.6 Å². The second kappa shape index (κ2) is 10.8. The molecule has 0 spiro atoms. The van der Waals surface area contributed by atoms with Crippen LogP contribution in [-0.2, 0) is 23.9 Å². The zero-order valence-corrected chi connectivity index (χ0v) is 22.7. The summed E-state index contributed by atoms with van der Waals surface area (Å²) in [5.74, 6) is -2.93. The minimum Gasteiger partial charge on any atom is -0.444 e. The van der Waals surface area contributed by atoms with E-state index in [0.717, 1.165) is 32.1 Å². The van der Waals surface area contributed by atoms with Gasteiger partial charge in [-0.15, -0.1) is 6.58 Å². The zero-order valence-electron chi connectivity index (χ0n) is 22.7. The number of hydrogen-bond acceptors (Lipinski definition) is 6. The third kappa shape index (κ3) is 6.33. The topological polar surface area (TPSA) is 148 Å². The fourth-order valence-electron chi connectivity index (χ4n) is 6.10. The Bertz CT molecular complexity index is 949. The molecule has 0 radical (unpaired) electrons. The number of rotatable bonds is 9. The molecule has 1 unspecified atom stereocenters. The molecule has 10 heteroatoms. The molecule has 3 rings (SSSR count). The standard InChI is InChI=1S/C27H42N4O6/c1-7-11-17(21(32)22(28)33)29-23(34)20-18-16(27(18,5)6)14-31(20)24(35)19(15-12-9-8-10-13-15)30-25(36)37-26(2,3)4/h7,15-20H,1,8-14H2,2-6H3,(H2,28,33)(H,29,34)(H,30,36)/t16-,17?,18-,19-,20-/m0/s1. The zero-order chi connectivity index (χ0) is 27.7. The second-order valence-corrected chi connectivity index (χ2v) is 12.2. The molecule has 1 saturated heterocycles. The number of carbonyl (C=O) groups excluding carboxylic acids is 5. The Labute approximate surface area is 219 Å². The van der Waals surface area contributed by atoms with Crippen molar-refractivity contribution in [1.29, 1.82) is 0 Å². The monoisotopic (exact) mass is 518 g/mol. The van der Waals surface area contributed by atoms with E-state index in [1.165, 1.54) is 6.08 Å². The maximum atomic E-state index is 14.0. The van der Waals surface area contributed by atoms with Crippen LogP contribution in [0.3, 0.4) is 0 Å². The highest BCUT2D eigenvalue weighted by Gasteiger charge is 2.69. The summed E-state index contributed by atoms with van der Waals surface area (Å²) >= 11 is 0. The van der Waals surface area contributed by atoms with E-state index in [1.54, 1.807) is 25.7 Å². The van der Waals surface area contributed by atoms with Crippen LogP contribution in [0.4, 0.5) is 4.79 Å². The number of nitrogens with two attached hydrogens (primary N) is 1. The van der Waals surface area contributed by atoms with Gasteiger partial charge in [0.25, 0.3) is 5.91 Å². The summed E-state index contributed by atoms with van der Waals surface area (Å²) < 4.78 is 5.45. The lowest BCUT2D eigenvalue weighted by Gasteiger charge is -2.37. The first-order valence-corrected chi connectivity index (χ1v) is 13.2. The van der Waals surface area contributed by atoms with Gasteiger partial charge in [-0.1, -0.05) is 39.2 Å². The van der Waals surface area contributed by atoms with E-state index >= 15 is 0 Å². The summed E-state index contributed by atoms with van der Waals surface area (Å²) in [5, 5.41) is 5.46. The highest BCUT2D eigenvalue weighted by molar-refractivity contribution is 6.37. The lowest BCUT2D eigenvalue weighted by molar-refractivity contribution is -0.144. The van der Waals surface area contributed by atoms with Crippen molar-refractivity contribution in [3.8, 4) is 0 Å². The lowest BCUT2D eigenvalue weighted by atomic mass is 9.83. The van der Waals surface area contributed by atoms with Crippen LogP contribution in [0.5, 0.6) is 0 Å². The first-order chi connectivity index (χ1) is 17.2. The number of ether oxygens (including phenoxy) is 1. The predicted octanol–water partition coefficient (Wildman–Crippen LogP) is 2.06. The van der Waals surface area contributed by atoms with Gasteiger partial charge in [-0.25, -0.2) is 4.79 Å². The average molecular weight is 519 g/mol. The van der Waals surface area contributed by atoms with Gasteiger partial charge in [-0.3, -0.25) is 19.2 Å². The molecule has 1 heterocycles. The van der Waals surface area contributed by atoms with E-state index in [-0.39, 0.29) is 35.5 Å². The Morgan fingerprint density at radius 1 is 1.11 bits per heavy atom. The third-order valence-corrected chi connectivity index (χ3v) is 8.10. The first-order valence-electron chi connectivity index (χ1n) is 13.2. The molecular formula is C27H42N4O6. The van der Waals surface area contributed by atoms with Crippen molar-refractivity contribution >= 4 is 29.6 Å². The van der Waals surface area contributed by atoms with E-state index in [9.17, 15) is 24.0 Å². The van der Waals surface area contributed by atoms with Crippen molar-refractivity contribution < 1.29 is 28.7 Å². The van der Waals surface area contributed by atoms with Crippen molar-refractivity contribution in [1.82, 2.24) is 15.5 Å². The van der Waals surface area contributed by atoms with Crippen LogP contribution < -0.4 is 16.4 Å². The quantitative estimate of drug-likeness (QED) is 0.314. The number of fused-ring (bicyclic) bond motifs is 1. The number of piperidine rings is 1. The maximum Gasteiger partial charge on any atom is 0.408 e. The molecule has 2 aliphatic carbocycles. The van der Waals surface area contributed by atoms with Crippen LogP contribution in [0.2, 0.25) is 0 Å². The van der Waals surface area contributed by atoms with Gasteiger partial charge >= 0.3 is 6.09 Å². The van der Waals surface area contributed by atoms with E-state index < -0.39 is 47.4 Å². The number of likely N-dealkylation sites (tertiary alicyclic amines) is 1. The van der Waals surface area contributed by atoms with Gasteiger partial charge < -0.3 is 26.0 Å². The van der Waals surface area contributed by atoms with Gasteiger partial charge in [0.1, 0.15) is 23.7 Å². The molecule has 1 aliphatic heterocycles. The summed E-state index contributed by atoms with van der Waals surface area (Å²) in [4.78, 5) is 65.6. The first kappa shape index (κ1) is 28.7. The lowest BCUT2D eigenvalue weighted by Crippen LogP contribution is -2.59. The summed E-state index contributed by atoms with van der Waals surface area (Å²) in [6, 6.07) is -2.79. The Kier molecular flexibility index (Phi) is 8.39. The molecule has 4 N–H and O–H groups in total. The van der Waals surface area contributed by atoms with Crippen molar-refractivity contribution in [3.05, 3.63) is 12.7 Å². The number of amides is 4. The third-order valence-electron chi connectivity index (χ3n) is 8.10. The number of carbonyl (C=O) groups is 5. The van der Waals surface area contributed by atoms with Crippen molar-refractivity contribution in [2.45, 2.75) is 96.9 Å². The van der Waals surface area contributed by atoms with E-state index in [4.69, 9.17) is 10.5 Å². The van der Waals surface area contributed by atoms with Gasteiger partial charge in [-0.2, -0.15) is 0 Å². The summed E-state index contributed by atoms with van der Waals surface area (Å²) in [6.07, 6.45) is 5.40. The Balaban J connectivity index is 1.86. The van der Waals surface area contributed by atoms with Crippen LogP contribution in [-0.4, -0.2) is 64.8 Å². The SMILES string of the molecule is C=CCC(NC(=O)[C@@H]1[C@@H]2[C@H](CN1C(=O)[C@@H](NC(=O)OC(C)(C)C)C1CCCCC1)C2(C)C)C(=O)C(N)=O. The molecule has 0 aromatic carbocycles. The smallest absolute Gasteiger partial charge is 0.408 e. The predicted molar refractivity (Wildman–Crippen MR) is 137 cm³/mol. The number of nitrogens with one attached hydrogen (secondary N) is 2. The number of ketones is 1. The minimum absolute atomic E-state index is 0.0383. The van der Waals surface area contributed by atoms with E-state index in [2.05, 4.69) is 31.1 Å². The highest BCUT2D eigenvalue weighted by atomic mass is 16.6. The van der Waals surface area contributed by atoms with Crippen LogP contribution in [0.1, 0.15) is 73.1 Å². The Morgan fingerprint density at radius 3 is 2.27 bits per heavy atom. The fourth-order valence-corrected chi connectivity index (χ4v) is 6.10. The average Bonchev–Trinajstić information content (AvgIpc) is 3.14.